The monoisotopic (exact) mass is 265 g/mol. The van der Waals surface area contributed by atoms with Crippen LogP contribution in [0.1, 0.15) is 25.6 Å². The average molecular weight is 265 g/mol. The van der Waals surface area contributed by atoms with Crippen molar-refractivity contribution in [3.63, 3.8) is 0 Å². The van der Waals surface area contributed by atoms with Gasteiger partial charge in [-0.1, -0.05) is 6.07 Å². The highest BCUT2D eigenvalue weighted by Gasteiger charge is 2.20. The molecule has 6 nitrogen and oxygen atoms in total. The lowest BCUT2D eigenvalue weighted by atomic mass is 10.2. The third-order valence-electron chi connectivity index (χ3n) is 2.62. The van der Waals surface area contributed by atoms with Crippen molar-refractivity contribution >= 4 is 11.9 Å². The fourth-order valence-corrected chi connectivity index (χ4v) is 1.61. The molecule has 1 unspecified atom stereocenters. The lowest BCUT2D eigenvalue weighted by Gasteiger charge is -2.19. The van der Waals surface area contributed by atoms with E-state index in [9.17, 15) is 9.59 Å². The predicted octanol–water partition coefficient (Wildman–Crippen LogP) is 0.410. The van der Waals surface area contributed by atoms with E-state index >= 15 is 0 Å². The van der Waals surface area contributed by atoms with Gasteiger partial charge in [0.15, 0.2) is 0 Å². The van der Waals surface area contributed by atoms with Crippen molar-refractivity contribution in [2.75, 3.05) is 13.7 Å². The van der Waals surface area contributed by atoms with Gasteiger partial charge in [0.1, 0.15) is 6.04 Å². The molecule has 0 fully saturated rings. The van der Waals surface area contributed by atoms with Gasteiger partial charge in [0.2, 0.25) is 5.91 Å². The number of methoxy groups -OCH3 is 1. The van der Waals surface area contributed by atoms with E-state index in [1.807, 2.05) is 25.1 Å². The van der Waals surface area contributed by atoms with Gasteiger partial charge in [0, 0.05) is 25.7 Å². The molecule has 0 aliphatic heterocycles. The largest absolute Gasteiger partial charge is 0.467 e. The number of pyridine rings is 1. The smallest absolute Gasteiger partial charge is 0.329 e. The Morgan fingerprint density at radius 1 is 1.42 bits per heavy atom. The van der Waals surface area contributed by atoms with Gasteiger partial charge in [0.05, 0.1) is 12.8 Å². The Labute approximate surface area is 112 Å². The molecule has 104 valence electrons. The number of carbonyl (C=O) groups excluding carboxylic acids is 2. The average Bonchev–Trinajstić information content (AvgIpc) is 2.42. The molecule has 1 heterocycles. The van der Waals surface area contributed by atoms with Crippen molar-refractivity contribution < 1.29 is 14.3 Å². The van der Waals surface area contributed by atoms with Crippen LogP contribution in [0.3, 0.4) is 0 Å². The first-order valence-electron chi connectivity index (χ1n) is 6.03. The molecule has 1 aromatic heterocycles. The van der Waals surface area contributed by atoms with Crippen molar-refractivity contribution in [3.8, 4) is 0 Å². The van der Waals surface area contributed by atoms with E-state index in [0.717, 1.165) is 5.69 Å². The fraction of sp³-hybridized carbons (Fsp3) is 0.462. The van der Waals surface area contributed by atoms with Gasteiger partial charge in [-0.05, 0) is 19.1 Å². The second-order valence-corrected chi connectivity index (χ2v) is 4.16. The van der Waals surface area contributed by atoms with Gasteiger partial charge >= 0.3 is 5.97 Å². The molecular weight excluding hydrogens is 246 g/mol. The summed E-state index contributed by atoms with van der Waals surface area (Å²) in [5, 5.41) is 5.68. The van der Waals surface area contributed by atoms with Gasteiger partial charge in [-0.15, -0.1) is 0 Å². The molecule has 6 heteroatoms. The molecule has 0 aliphatic carbocycles. The highest BCUT2D eigenvalue weighted by Crippen LogP contribution is 2.07. The van der Waals surface area contributed by atoms with E-state index in [-0.39, 0.29) is 18.5 Å². The van der Waals surface area contributed by atoms with Crippen molar-refractivity contribution in [2.45, 2.75) is 25.9 Å². The van der Waals surface area contributed by atoms with Gasteiger partial charge < -0.3 is 15.4 Å². The number of nitrogens with one attached hydrogen (secondary N) is 2. The number of ether oxygens (including phenoxy) is 1. The molecule has 2 N–H and O–H groups in total. The summed E-state index contributed by atoms with van der Waals surface area (Å²) in [6, 6.07) is 4.90. The molecule has 0 saturated carbocycles. The topological polar surface area (TPSA) is 80.3 Å². The third-order valence-corrected chi connectivity index (χ3v) is 2.62. The van der Waals surface area contributed by atoms with Crippen molar-refractivity contribution in [1.82, 2.24) is 15.6 Å². The Kier molecular flexibility index (Phi) is 5.95. The zero-order valence-electron chi connectivity index (χ0n) is 11.3. The zero-order valence-corrected chi connectivity index (χ0v) is 11.3. The van der Waals surface area contributed by atoms with E-state index in [1.165, 1.54) is 14.0 Å². The van der Waals surface area contributed by atoms with Crippen LogP contribution in [-0.4, -0.2) is 36.6 Å². The Balaban J connectivity index is 2.56. The predicted molar refractivity (Wildman–Crippen MR) is 70.3 cm³/mol. The van der Waals surface area contributed by atoms with Gasteiger partial charge in [-0.25, -0.2) is 4.79 Å². The first kappa shape index (κ1) is 15.1. The Bertz CT molecular complexity index is 422. The first-order valence-corrected chi connectivity index (χ1v) is 6.03. The summed E-state index contributed by atoms with van der Waals surface area (Å²) >= 11 is 0. The number of amides is 1. The number of esters is 1. The van der Waals surface area contributed by atoms with Gasteiger partial charge in [-0.2, -0.15) is 0 Å². The number of hydrogen-bond acceptors (Lipinski definition) is 5. The third kappa shape index (κ3) is 5.05. The van der Waals surface area contributed by atoms with Gasteiger partial charge in [0.25, 0.3) is 0 Å². The lowest BCUT2D eigenvalue weighted by molar-refractivity contribution is -0.144. The summed E-state index contributed by atoms with van der Waals surface area (Å²) in [7, 11) is 1.29. The summed E-state index contributed by atoms with van der Waals surface area (Å²) in [5.74, 6) is -0.751. The van der Waals surface area contributed by atoms with Crippen LogP contribution in [0.25, 0.3) is 0 Å². The molecule has 19 heavy (non-hydrogen) atoms. The molecule has 1 amide bonds. The van der Waals surface area contributed by atoms with Crippen LogP contribution in [-0.2, 0) is 14.3 Å². The standard InChI is InChI=1S/C13H19N3O3/c1-9(11-6-4-5-7-14-11)15-8-12(13(18)19-3)16-10(2)17/h4-7,9,12,15H,8H2,1-3H3,(H,16,17)/t9-,12?/m0/s1. The first-order chi connectivity index (χ1) is 9.04. The number of nitrogens with zero attached hydrogens (tertiary/aromatic N) is 1. The van der Waals surface area contributed by atoms with E-state index in [0.29, 0.717) is 0 Å². The maximum absolute atomic E-state index is 11.5. The second-order valence-electron chi connectivity index (χ2n) is 4.16. The van der Waals surface area contributed by atoms with Crippen LogP contribution < -0.4 is 10.6 Å². The van der Waals surface area contributed by atoms with Crippen molar-refractivity contribution in [1.29, 1.82) is 0 Å². The van der Waals surface area contributed by atoms with E-state index < -0.39 is 12.0 Å². The minimum atomic E-state index is -0.700. The number of aromatic nitrogens is 1. The Morgan fingerprint density at radius 2 is 2.16 bits per heavy atom. The maximum atomic E-state index is 11.5. The van der Waals surface area contributed by atoms with Crippen LogP contribution in [0.2, 0.25) is 0 Å². The molecule has 1 rings (SSSR count). The van der Waals surface area contributed by atoms with Crippen LogP contribution in [0.4, 0.5) is 0 Å². The summed E-state index contributed by atoms with van der Waals surface area (Å²) < 4.78 is 4.64. The fourth-order valence-electron chi connectivity index (χ4n) is 1.61. The quantitative estimate of drug-likeness (QED) is 0.728. The molecule has 0 aliphatic rings. The number of rotatable bonds is 6. The summed E-state index contributed by atoms with van der Waals surface area (Å²) in [6.45, 7) is 3.58. The Morgan fingerprint density at radius 3 is 2.68 bits per heavy atom. The molecule has 0 spiro atoms. The summed E-state index contributed by atoms with van der Waals surface area (Å²) in [4.78, 5) is 26.8. The van der Waals surface area contributed by atoms with Crippen LogP contribution >= 0.6 is 0 Å². The summed E-state index contributed by atoms with van der Waals surface area (Å²) in [6.07, 6.45) is 1.71. The zero-order chi connectivity index (χ0) is 14.3. The SMILES string of the molecule is COC(=O)C(CN[C@@H](C)c1ccccn1)NC(C)=O. The van der Waals surface area contributed by atoms with E-state index in [2.05, 4.69) is 20.4 Å². The van der Waals surface area contributed by atoms with Crippen molar-refractivity contribution in [2.24, 2.45) is 0 Å². The Hall–Kier alpha value is -1.95. The summed E-state index contributed by atoms with van der Waals surface area (Å²) in [5.41, 5.74) is 0.869. The van der Waals surface area contributed by atoms with Crippen LogP contribution in [0.5, 0.6) is 0 Å². The molecule has 0 aromatic carbocycles. The molecule has 0 bridgehead atoms. The normalized spacial score (nSPS) is 13.4. The molecule has 1 aromatic rings. The van der Waals surface area contributed by atoms with Crippen molar-refractivity contribution in [3.05, 3.63) is 30.1 Å². The molecule has 2 atom stereocenters. The van der Waals surface area contributed by atoms with Gasteiger partial charge in [-0.3, -0.25) is 9.78 Å². The van der Waals surface area contributed by atoms with E-state index in [4.69, 9.17) is 0 Å². The molecular formula is C13H19N3O3. The molecule has 0 radical (unpaired) electrons. The van der Waals surface area contributed by atoms with Crippen LogP contribution in [0, 0.1) is 0 Å². The van der Waals surface area contributed by atoms with E-state index in [1.54, 1.807) is 6.20 Å². The molecule has 0 saturated heterocycles. The highest BCUT2D eigenvalue weighted by molar-refractivity contribution is 5.83. The number of hydrogen-bond donors (Lipinski definition) is 2. The maximum Gasteiger partial charge on any atom is 0.329 e. The highest BCUT2D eigenvalue weighted by atomic mass is 16.5. The lowest BCUT2D eigenvalue weighted by Crippen LogP contribution is -2.47. The number of carbonyl (C=O) groups is 2. The second kappa shape index (κ2) is 7.48. The minimum Gasteiger partial charge on any atom is -0.467 e. The minimum absolute atomic E-state index is 0.0258. The van der Waals surface area contributed by atoms with Crippen LogP contribution in [0.15, 0.2) is 24.4 Å².